The molecule has 0 heterocycles. The number of para-hydroxylation sites is 1. The average Bonchev–Trinajstić information content (AvgIpc) is 2.42. The van der Waals surface area contributed by atoms with Gasteiger partial charge in [-0.05, 0) is 12.1 Å². The van der Waals surface area contributed by atoms with Gasteiger partial charge in [0.05, 0.1) is 6.42 Å². The van der Waals surface area contributed by atoms with Crippen LogP contribution in [0.25, 0.3) is 0 Å². The van der Waals surface area contributed by atoms with Crippen LogP contribution in [0.3, 0.4) is 0 Å². The van der Waals surface area contributed by atoms with Gasteiger partial charge in [-0.2, -0.15) is 0 Å². The Morgan fingerprint density at radius 3 is 2.15 bits per heavy atom. The smallest absolute Gasteiger partial charge is 0.231 e. The molecule has 0 aliphatic heterocycles. The van der Waals surface area contributed by atoms with Gasteiger partial charge in [-0.25, -0.2) is 13.2 Å². The van der Waals surface area contributed by atoms with Gasteiger partial charge in [-0.1, -0.05) is 18.2 Å². The summed E-state index contributed by atoms with van der Waals surface area (Å²) in [5, 5.41) is 0. The normalized spacial score (nSPS) is 10.4. The number of carbonyl (C=O) groups is 1. The molecule has 5 heteroatoms. The third-order valence-corrected chi connectivity index (χ3v) is 2.95. The van der Waals surface area contributed by atoms with Crippen LogP contribution in [-0.4, -0.2) is 13.0 Å². The van der Waals surface area contributed by atoms with E-state index in [2.05, 4.69) is 0 Å². The molecule has 0 N–H and O–H groups in total. The molecule has 0 aromatic heterocycles. The molecule has 1 amide bonds. The Morgan fingerprint density at radius 2 is 1.60 bits per heavy atom. The fourth-order valence-electron chi connectivity index (χ4n) is 1.81. The first-order chi connectivity index (χ1) is 9.49. The lowest BCUT2D eigenvalue weighted by Crippen LogP contribution is -2.28. The van der Waals surface area contributed by atoms with E-state index in [0.717, 1.165) is 0 Å². The van der Waals surface area contributed by atoms with Crippen LogP contribution >= 0.6 is 0 Å². The highest BCUT2D eigenvalue weighted by Crippen LogP contribution is 2.18. The van der Waals surface area contributed by atoms with Crippen LogP contribution in [0.2, 0.25) is 0 Å². The van der Waals surface area contributed by atoms with Crippen molar-refractivity contribution < 1.29 is 18.0 Å². The zero-order valence-electron chi connectivity index (χ0n) is 10.7. The third kappa shape index (κ3) is 2.99. The molecule has 2 nitrogen and oxygen atoms in total. The van der Waals surface area contributed by atoms with Gasteiger partial charge >= 0.3 is 0 Å². The quantitative estimate of drug-likeness (QED) is 0.844. The lowest BCUT2D eigenvalue weighted by Gasteiger charge is -2.17. The van der Waals surface area contributed by atoms with Gasteiger partial charge in [-0.15, -0.1) is 0 Å². The molecule has 20 heavy (non-hydrogen) atoms. The van der Waals surface area contributed by atoms with Crippen LogP contribution in [0.15, 0.2) is 42.5 Å². The number of amides is 1. The van der Waals surface area contributed by atoms with E-state index < -0.39 is 35.3 Å². The van der Waals surface area contributed by atoms with Crippen LogP contribution < -0.4 is 4.90 Å². The highest BCUT2D eigenvalue weighted by Gasteiger charge is 2.18. The summed E-state index contributed by atoms with van der Waals surface area (Å²) in [6.45, 7) is 0. The molecule has 0 spiro atoms. The van der Waals surface area contributed by atoms with Crippen molar-refractivity contribution in [3.63, 3.8) is 0 Å². The number of rotatable bonds is 3. The predicted molar refractivity (Wildman–Crippen MR) is 69.9 cm³/mol. The molecule has 104 valence electrons. The maximum Gasteiger partial charge on any atom is 0.231 e. The minimum Gasteiger partial charge on any atom is -0.315 e. The minimum absolute atomic E-state index is 0.431. The second-order valence-corrected chi connectivity index (χ2v) is 4.31. The molecular formula is C15H12F3NO. The van der Waals surface area contributed by atoms with Gasteiger partial charge in [-0.3, -0.25) is 4.79 Å². The summed E-state index contributed by atoms with van der Waals surface area (Å²) in [6.07, 6.45) is -0.469. The van der Waals surface area contributed by atoms with Crippen molar-refractivity contribution in [3.05, 3.63) is 65.5 Å². The van der Waals surface area contributed by atoms with Crippen molar-refractivity contribution in [3.8, 4) is 0 Å². The fourth-order valence-corrected chi connectivity index (χ4v) is 1.81. The van der Waals surface area contributed by atoms with E-state index in [1.807, 2.05) is 0 Å². The average molecular weight is 279 g/mol. The number of hydrogen-bond donors (Lipinski definition) is 0. The number of nitrogens with zero attached hydrogens (tertiary/aromatic N) is 1. The number of anilines is 1. The maximum absolute atomic E-state index is 13.5. The first kappa shape index (κ1) is 14.1. The monoisotopic (exact) mass is 279 g/mol. The van der Waals surface area contributed by atoms with Gasteiger partial charge in [0.1, 0.15) is 17.5 Å². The number of halogens is 3. The van der Waals surface area contributed by atoms with Crippen molar-refractivity contribution in [1.82, 2.24) is 0 Å². The van der Waals surface area contributed by atoms with Crippen molar-refractivity contribution in [2.45, 2.75) is 6.42 Å². The van der Waals surface area contributed by atoms with Crippen LogP contribution in [-0.2, 0) is 11.2 Å². The van der Waals surface area contributed by atoms with Crippen LogP contribution in [0.5, 0.6) is 0 Å². The summed E-state index contributed by atoms with van der Waals surface area (Å²) in [4.78, 5) is 13.3. The molecular weight excluding hydrogens is 267 g/mol. The van der Waals surface area contributed by atoms with Gasteiger partial charge < -0.3 is 4.90 Å². The van der Waals surface area contributed by atoms with Gasteiger partial charge in [0.25, 0.3) is 0 Å². The number of benzene rings is 2. The second-order valence-electron chi connectivity index (χ2n) is 4.31. The highest BCUT2D eigenvalue weighted by molar-refractivity contribution is 5.94. The number of carbonyl (C=O) groups excluding carboxylic acids is 1. The number of hydrogen-bond acceptors (Lipinski definition) is 1. The van der Waals surface area contributed by atoms with E-state index in [-0.39, 0.29) is 0 Å². The lowest BCUT2D eigenvalue weighted by molar-refractivity contribution is -0.117. The molecule has 0 saturated heterocycles. The Hall–Kier alpha value is -2.30. The Balaban J connectivity index is 2.20. The molecule has 2 aromatic carbocycles. The molecule has 0 fully saturated rings. The third-order valence-electron chi connectivity index (χ3n) is 2.95. The molecule has 2 rings (SSSR count). The predicted octanol–water partition coefficient (Wildman–Crippen LogP) is 3.31. The molecule has 2 aromatic rings. The molecule has 0 bridgehead atoms. The Kier molecular flexibility index (Phi) is 4.08. The van der Waals surface area contributed by atoms with E-state index in [9.17, 15) is 18.0 Å². The molecule has 0 unspecified atom stereocenters. The molecule has 0 atom stereocenters. The maximum atomic E-state index is 13.5. The van der Waals surface area contributed by atoms with Crippen molar-refractivity contribution in [2.75, 3.05) is 11.9 Å². The summed E-state index contributed by atoms with van der Waals surface area (Å²) < 4.78 is 39.8. The first-order valence-electron chi connectivity index (χ1n) is 5.94. The summed E-state index contributed by atoms with van der Waals surface area (Å²) in [7, 11) is 1.51. The van der Waals surface area contributed by atoms with Gasteiger partial charge in [0, 0.05) is 30.4 Å². The van der Waals surface area contributed by atoms with Crippen LogP contribution in [0, 0.1) is 17.5 Å². The van der Waals surface area contributed by atoms with Crippen molar-refractivity contribution in [2.24, 2.45) is 0 Å². The summed E-state index contributed by atoms with van der Waals surface area (Å²) in [5.41, 5.74) is 0.180. The van der Waals surface area contributed by atoms with E-state index in [1.165, 1.54) is 11.9 Å². The Labute approximate surface area is 114 Å². The Morgan fingerprint density at radius 1 is 1.05 bits per heavy atom. The van der Waals surface area contributed by atoms with Gasteiger partial charge in [0.15, 0.2) is 0 Å². The molecule has 0 radical (unpaired) electrons. The first-order valence-corrected chi connectivity index (χ1v) is 5.94. The molecule has 0 aliphatic carbocycles. The lowest BCUT2D eigenvalue weighted by atomic mass is 10.1. The van der Waals surface area contributed by atoms with Crippen LogP contribution in [0.4, 0.5) is 18.9 Å². The molecule has 0 saturated carbocycles. The second kappa shape index (κ2) is 5.77. The summed E-state index contributed by atoms with van der Waals surface area (Å²) >= 11 is 0. The van der Waals surface area contributed by atoms with E-state index in [4.69, 9.17) is 0 Å². The Bertz CT molecular complexity index is 605. The fraction of sp³-hybridized carbons (Fsp3) is 0.133. The van der Waals surface area contributed by atoms with E-state index in [0.29, 0.717) is 17.8 Å². The SMILES string of the molecule is CN(C(=O)Cc1c(F)cc(F)cc1F)c1ccccc1. The van der Waals surface area contributed by atoms with E-state index in [1.54, 1.807) is 30.3 Å². The largest absolute Gasteiger partial charge is 0.315 e. The zero-order valence-corrected chi connectivity index (χ0v) is 10.7. The minimum atomic E-state index is -1.06. The van der Waals surface area contributed by atoms with Crippen LogP contribution in [0.1, 0.15) is 5.56 Å². The van der Waals surface area contributed by atoms with Crippen molar-refractivity contribution in [1.29, 1.82) is 0 Å². The summed E-state index contributed by atoms with van der Waals surface area (Å²) in [6, 6.07) is 9.82. The van der Waals surface area contributed by atoms with Gasteiger partial charge in [0.2, 0.25) is 5.91 Å². The number of likely N-dealkylation sites (N-methyl/N-ethyl adjacent to an activating group) is 1. The van der Waals surface area contributed by atoms with Crippen molar-refractivity contribution >= 4 is 11.6 Å². The standard InChI is InChI=1S/C15H12F3NO/c1-19(11-5-3-2-4-6-11)15(20)9-12-13(17)7-10(16)8-14(12)18/h2-8H,9H2,1H3. The highest BCUT2D eigenvalue weighted by atomic mass is 19.1. The summed E-state index contributed by atoms with van der Waals surface area (Å²) in [5.74, 6) is -3.61. The zero-order chi connectivity index (χ0) is 14.7. The molecule has 0 aliphatic rings. The van der Waals surface area contributed by atoms with E-state index >= 15 is 0 Å². The topological polar surface area (TPSA) is 20.3 Å².